The Kier molecular flexibility index (Phi) is 4.58. The van der Waals surface area contributed by atoms with Gasteiger partial charge < -0.3 is 15.2 Å². The molecular formula is C14H14F3NO4. The first-order chi connectivity index (χ1) is 10.2. The van der Waals surface area contributed by atoms with E-state index in [9.17, 15) is 22.8 Å². The number of fused-ring (bicyclic) bond motifs is 1. The zero-order valence-electron chi connectivity index (χ0n) is 11.4. The van der Waals surface area contributed by atoms with Crippen molar-refractivity contribution in [3.63, 3.8) is 0 Å². The molecule has 0 aromatic heterocycles. The molecule has 0 aliphatic carbocycles. The summed E-state index contributed by atoms with van der Waals surface area (Å²) in [7, 11) is 0. The lowest BCUT2D eigenvalue weighted by Crippen LogP contribution is -2.44. The Hall–Kier alpha value is -2.25. The third-order valence-electron chi connectivity index (χ3n) is 3.19. The van der Waals surface area contributed by atoms with Crippen LogP contribution in [0.1, 0.15) is 17.5 Å². The number of carboxylic acid groups (broad SMARTS) is 1. The van der Waals surface area contributed by atoms with Crippen molar-refractivity contribution in [3.8, 4) is 5.75 Å². The first kappa shape index (κ1) is 16.1. The molecule has 0 fully saturated rings. The van der Waals surface area contributed by atoms with Crippen LogP contribution in [0.4, 0.5) is 13.2 Å². The standard InChI is InChI=1S/C14H14F3NO4/c15-14(16,17)7-10(13(20)21)18-12(19)6-8-1-2-11-9(5-8)3-4-22-11/h1-2,5,10H,3-4,6-7H2,(H,18,19)(H,20,21). The first-order valence-electron chi connectivity index (χ1n) is 6.58. The van der Waals surface area contributed by atoms with Crippen LogP contribution in [0.15, 0.2) is 18.2 Å². The van der Waals surface area contributed by atoms with E-state index in [1.165, 1.54) is 0 Å². The van der Waals surface area contributed by atoms with E-state index in [0.717, 1.165) is 11.3 Å². The van der Waals surface area contributed by atoms with Crippen molar-refractivity contribution >= 4 is 11.9 Å². The predicted molar refractivity (Wildman–Crippen MR) is 69.6 cm³/mol. The van der Waals surface area contributed by atoms with Crippen LogP contribution in [-0.4, -0.2) is 35.8 Å². The summed E-state index contributed by atoms with van der Waals surface area (Å²) in [5.41, 5.74) is 1.52. The Morgan fingerprint density at radius 1 is 1.36 bits per heavy atom. The summed E-state index contributed by atoms with van der Waals surface area (Å²) >= 11 is 0. The number of alkyl halides is 3. The van der Waals surface area contributed by atoms with E-state index in [-0.39, 0.29) is 6.42 Å². The van der Waals surface area contributed by atoms with Gasteiger partial charge in [-0.25, -0.2) is 4.79 Å². The van der Waals surface area contributed by atoms with E-state index in [1.807, 2.05) is 5.32 Å². The molecule has 5 nitrogen and oxygen atoms in total. The largest absolute Gasteiger partial charge is 0.493 e. The normalized spacial score (nSPS) is 14.9. The maximum atomic E-state index is 12.3. The average Bonchev–Trinajstić information content (AvgIpc) is 2.83. The molecule has 1 aromatic carbocycles. The number of halogens is 3. The van der Waals surface area contributed by atoms with E-state index in [2.05, 4.69) is 0 Å². The zero-order chi connectivity index (χ0) is 16.3. The van der Waals surface area contributed by atoms with Gasteiger partial charge in [0.1, 0.15) is 11.8 Å². The second-order valence-corrected chi connectivity index (χ2v) is 4.99. The van der Waals surface area contributed by atoms with E-state index in [1.54, 1.807) is 18.2 Å². The van der Waals surface area contributed by atoms with Crippen molar-refractivity contribution in [2.75, 3.05) is 6.61 Å². The van der Waals surface area contributed by atoms with Gasteiger partial charge in [-0.05, 0) is 17.2 Å². The van der Waals surface area contributed by atoms with Gasteiger partial charge in [0.25, 0.3) is 0 Å². The van der Waals surface area contributed by atoms with E-state index < -0.39 is 30.5 Å². The number of carbonyl (C=O) groups excluding carboxylic acids is 1. The summed E-state index contributed by atoms with van der Waals surface area (Å²) in [6, 6.07) is 3.07. The average molecular weight is 317 g/mol. The molecule has 0 spiro atoms. The van der Waals surface area contributed by atoms with Crippen molar-refractivity contribution in [2.45, 2.75) is 31.5 Å². The van der Waals surface area contributed by atoms with Crippen molar-refractivity contribution in [3.05, 3.63) is 29.3 Å². The molecule has 0 saturated heterocycles. The van der Waals surface area contributed by atoms with Crippen LogP contribution in [0.2, 0.25) is 0 Å². The molecule has 0 radical (unpaired) electrons. The van der Waals surface area contributed by atoms with Gasteiger partial charge >= 0.3 is 12.1 Å². The molecule has 1 aliphatic rings. The van der Waals surface area contributed by atoms with Crippen LogP contribution in [0.5, 0.6) is 5.75 Å². The van der Waals surface area contributed by atoms with Gasteiger partial charge in [0.05, 0.1) is 19.4 Å². The van der Waals surface area contributed by atoms with Crippen molar-refractivity contribution in [2.24, 2.45) is 0 Å². The second kappa shape index (κ2) is 6.25. The fourth-order valence-corrected chi connectivity index (χ4v) is 2.21. The molecule has 1 aliphatic heterocycles. The monoisotopic (exact) mass is 317 g/mol. The van der Waals surface area contributed by atoms with Crippen LogP contribution in [0.25, 0.3) is 0 Å². The number of amides is 1. The molecule has 1 unspecified atom stereocenters. The van der Waals surface area contributed by atoms with Crippen LogP contribution < -0.4 is 10.1 Å². The van der Waals surface area contributed by atoms with Gasteiger partial charge in [-0.2, -0.15) is 13.2 Å². The summed E-state index contributed by atoms with van der Waals surface area (Å²) in [4.78, 5) is 22.5. The van der Waals surface area contributed by atoms with Gasteiger partial charge in [-0.1, -0.05) is 12.1 Å². The highest BCUT2D eigenvalue weighted by molar-refractivity contribution is 5.84. The molecule has 2 N–H and O–H groups in total. The quantitative estimate of drug-likeness (QED) is 0.866. The number of nitrogens with one attached hydrogen (secondary N) is 1. The highest BCUT2D eigenvalue weighted by Crippen LogP contribution is 2.26. The maximum absolute atomic E-state index is 12.3. The number of hydrogen-bond acceptors (Lipinski definition) is 3. The van der Waals surface area contributed by atoms with Gasteiger partial charge in [0.2, 0.25) is 5.91 Å². The van der Waals surface area contributed by atoms with Crippen molar-refractivity contribution < 1.29 is 32.6 Å². The highest BCUT2D eigenvalue weighted by Gasteiger charge is 2.36. The minimum absolute atomic E-state index is 0.186. The number of hydrogen-bond donors (Lipinski definition) is 2. The number of aliphatic carboxylic acids is 1. The summed E-state index contributed by atoms with van der Waals surface area (Å²) in [6.07, 6.45) is -5.75. The van der Waals surface area contributed by atoms with Gasteiger partial charge in [0, 0.05) is 6.42 Å². The molecule has 1 amide bonds. The van der Waals surface area contributed by atoms with Crippen LogP contribution in [0, 0.1) is 0 Å². The Labute approximate surface area is 124 Å². The molecule has 0 saturated carbocycles. The molecule has 120 valence electrons. The lowest BCUT2D eigenvalue weighted by molar-refractivity contribution is -0.159. The molecule has 0 bridgehead atoms. The molecule has 8 heteroatoms. The Morgan fingerprint density at radius 2 is 2.09 bits per heavy atom. The Balaban J connectivity index is 1.97. The summed E-state index contributed by atoms with van der Waals surface area (Å²) in [5.74, 6) is -1.76. The lowest BCUT2D eigenvalue weighted by Gasteiger charge is -2.16. The second-order valence-electron chi connectivity index (χ2n) is 4.99. The maximum Gasteiger partial charge on any atom is 0.391 e. The number of carboxylic acids is 1. The fourth-order valence-electron chi connectivity index (χ4n) is 2.21. The predicted octanol–water partition coefficient (Wildman–Crippen LogP) is 1.69. The summed E-state index contributed by atoms with van der Waals surface area (Å²) < 4.78 is 42.1. The number of benzene rings is 1. The zero-order valence-corrected chi connectivity index (χ0v) is 11.4. The highest BCUT2D eigenvalue weighted by atomic mass is 19.4. The molecule has 1 heterocycles. The Morgan fingerprint density at radius 3 is 2.73 bits per heavy atom. The molecule has 1 atom stereocenters. The third-order valence-corrected chi connectivity index (χ3v) is 3.19. The fraction of sp³-hybridized carbons (Fsp3) is 0.429. The molecular weight excluding hydrogens is 303 g/mol. The summed E-state index contributed by atoms with van der Waals surface area (Å²) in [6.45, 7) is 0.553. The lowest BCUT2D eigenvalue weighted by atomic mass is 10.1. The number of carbonyl (C=O) groups is 2. The van der Waals surface area contributed by atoms with E-state index >= 15 is 0 Å². The number of ether oxygens (including phenoxy) is 1. The number of rotatable bonds is 5. The smallest absolute Gasteiger partial charge is 0.391 e. The summed E-state index contributed by atoms with van der Waals surface area (Å²) in [5, 5.41) is 10.6. The van der Waals surface area contributed by atoms with Gasteiger partial charge in [0.15, 0.2) is 0 Å². The van der Waals surface area contributed by atoms with E-state index in [4.69, 9.17) is 9.84 Å². The van der Waals surface area contributed by atoms with Crippen LogP contribution in [-0.2, 0) is 22.4 Å². The van der Waals surface area contributed by atoms with Crippen molar-refractivity contribution in [1.29, 1.82) is 0 Å². The third kappa shape index (κ3) is 4.37. The molecule has 2 rings (SSSR count). The first-order valence-corrected chi connectivity index (χ1v) is 6.58. The van der Waals surface area contributed by atoms with Gasteiger partial charge in [-0.3, -0.25) is 4.79 Å². The molecule has 1 aromatic rings. The van der Waals surface area contributed by atoms with Crippen LogP contribution in [0.3, 0.4) is 0 Å². The minimum Gasteiger partial charge on any atom is -0.493 e. The van der Waals surface area contributed by atoms with Gasteiger partial charge in [-0.15, -0.1) is 0 Å². The van der Waals surface area contributed by atoms with Crippen LogP contribution >= 0.6 is 0 Å². The molecule has 22 heavy (non-hydrogen) atoms. The topological polar surface area (TPSA) is 75.6 Å². The minimum atomic E-state index is -4.67. The SMILES string of the molecule is O=C(Cc1ccc2c(c1)CCO2)NC(CC(F)(F)F)C(=O)O. The van der Waals surface area contributed by atoms with Crippen molar-refractivity contribution in [1.82, 2.24) is 5.32 Å². The Bertz CT molecular complexity index is 586. The van der Waals surface area contributed by atoms with E-state index in [0.29, 0.717) is 18.6 Å².